The minimum absolute atomic E-state index is 0.564. The Labute approximate surface area is 135 Å². The summed E-state index contributed by atoms with van der Waals surface area (Å²) in [4.78, 5) is 4.44. The smallest absolute Gasteiger partial charge is 0.154 e. The summed E-state index contributed by atoms with van der Waals surface area (Å²) in [6.07, 6.45) is 7.88. The Kier molecular flexibility index (Phi) is 4.05. The molecule has 1 saturated heterocycles. The number of ether oxygens (including phenoxy) is 1. The number of benzene rings is 1. The van der Waals surface area contributed by atoms with E-state index in [1.807, 2.05) is 23.0 Å². The number of nitrogens with zero attached hydrogens (tertiary/aromatic N) is 3. The minimum Gasteiger partial charge on any atom is -0.381 e. The molecular weight excluding hydrogens is 288 g/mol. The van der Waals surface area contributed by atoms with E-state index < -0.39 is 0 Å². The molecular formula is C18H20N4O. The summed E-state index contributed by atoms with van der Waals surface area (Å²) in [5.41, 5.74) is 4.40. The van der Waals surface area contributed by atoms with E-state index in [0.717, 1.165) is 43.8 Å². The molecule has 4 rings (SSSR count). The molecule has 3 aromatic rings. The third kappa shape index (κ3) is 3.25. The Bertz CT molecular complexity index is 792. The van der Waals surface area contributed by atoms with Crippen LogP contribution in [0.2, 0.25) is 0 Å². The molecule has 1 aromatic carbocycles. The molecule has 1 aliphatic heterocycles. The maximum Gasteiger partial charge on any atom is 0.154 e. The topological polar surface area (TPSA) is 51.5 Å². The molecule has 0 bridgehead atoms. The molecule has 5 heteroatoms. The molecule has 118 valence electrons. The van der Waals surface area contributed by atoms with E-state index in [1.54, 1.807) is 6.20 Å². The van der Waals surface area contributed by atoms with E-state index in [4.69, 9.17) is 4.74 Å². The Morgan fingerprint density at radius 3 is 3.00 bits per heavy atom. The van der Waals surface area contributed by atoms with Crippen LogP contribution in [0.5, 0.6) is 0 Å². The molecule has 3 heterocycles. The van der Waals surface area contributed by atoms with Crippen LogP contribution in [0.4, 0.5) is 0 Å². The van der Waals surface area contributed by atoms with Crippen LogP contribution in [0, 0.1) is 0 Å². The molecule has 2 aromatic heterocycles. The lowest BCUT2D eigenvalue weighted by molar-refractivity contribution is 0.0776. The molecule has 1 N–H and O–H groups in total. The Morgan fingerprint density at radius 2 is 2.09 bits per heavy atom. The first-order valence-corrected chi connectivity index (χ1v) is 8.08. The van der Waals surface area contributed by atoms with Gasteiger partial charge in [-0.25, -0.2) is 9.50 Å². The Hall–Kier alpha value is -2.24. The summed E-state index contributed by atoms with van der Waals surface area (Å²) in [6.45, 7) is 2.62. The standard InChI is InChI=1S/C18H20N4O/c1-2-14(11-19-17-5-8-23-9-6-17)10-15(3-1)16-12-20-18-4-7-21-22(18)13-16/h1-4,7,10,12-13,17,19H,5-6,8-9,11H2. The lowest BCUT2D eigenvalue weighted by atomic mass is 10.0. The molecule has 1 fully saturated rings. The number of nitrogens with one attached hydrogen (secondary N) is 1. The van der Waals surface area contributed by atoms with E-state index in [0.29, 0.717) is 6.04 Å². The predicted octanol–water partition coefficient (Wildman–Crippen LogP) is 2.66. The summed E-state index contributed by atoms with van der Waals surface area (Å²) in [6, 6.07) is 11.1. The average molecular weight is 308 g/mol. The maximum atomic E-state index is 5.40. The predicted molar refractivity (Wildman–Crippen MR) is 89.1 cm³/mol. The fraction of sp³-hybridized carbons (Fsp3) is 0.333. The van der Waals surface area contributed by atoms with Gasteiger partial charge in [-0.15, -0.1) is 0 Å². The van der Waals surface area contributed by atoms with Gasteiger partial charge in [0.15, 0.2) is 5.65 Å². The first kappa shape index (κ1) is 14.4. The highest BCUT2D eigenvalue weighted by atomic mass is 16.5. The molecule has 0 radical (unpaired) electrons. The van der Waals surface area contributed by atoms with E-state index in [9.17, 15) is 0 Å². The van der Waals surface area contributed by atoms with Crippen molar-refractivity contribution in [1.29, 1.82) is 0 Å². The zero-order valence-electron chi connectivity index (χ0n) is 13.0. The summed E-state index contributed by atoms with van der Waals surface area (Å²) >= 11 is 0. The van der Waals surface area contributed by atoms with Crippen LogP contribution in [-0.2, 0) is 11.3 Å². The van der Waals surface area contributed by atoms with E-state index >= 15 is 0 Å². The van der Waals surface area contributed by atoms with Gasteiger partial charge in [-0.3, -0.25) is 0 Å². The number of fused-ring (bicyclic) bond motifs is 1. The highest BCUT2D eigenvalue weighted by molar-refractivity contribution is 5.63. The normalized spacial score (nSPS) is 16.0. The van der Waals surface area contributed by atoms with Crippen LogP contribution in [0.25, 0.3) is 16.8 Å². The van der Waals surface area contributed by atoms with Crippen molar-refractivity contribution in [2.24, 2.45) is 0 Å². The molecule has 0 amide bonds. The van der Waals surface area contributed by atoms with Gasteiger partial charge in [-0.05, 0) is 30.0 Å². The van der Waals surface area contributed by atoms with Gasteiger partial charge < -0.3 is 10.1 Å². The fourth-order valence-corrected chi connectivity index (χ4v) is 2.98. The zero-order chi connectivity index (χ0) is 15.5. The average Bonchev–Trinajstić information content (AvgIpc) is 3.09. The second-order valence-electron chi connectivity index (χ2n) is 5.94. The number of hydrogen-bond acceptors (Lipinski definition) is 4. The molecule has 0 saturated carbocycles. The number of hydrogen-bond donors (Lipinski definition) is 1. The first-order valence-electron chi connectivity index (χ1n) is 8.08. The highest BCUT2D eigenvalue weighted by Crippen LogP contribution is 2.20. The molecule has 0 aliphatic carbocycles. The van der Waals surface area contributed by atoms with Crippen LogP contribution in [0.1, 0.15) is 18.4 Å². The van der Waals surface area contributed by atoms with Crippen molar-refractivity contribution in [3.05, 3.63) is 54.5 Å². The lowest BCUT2D eigenvalue weighted by Gasteiger charge is -2.23. The van der Waals surface area contributed by atoms with E-state index in [2.05, 4.69) is 39.7 Å². The lowest BCUT2D eigenvalue weighted by Crippen LogP contribution is -2.34. The first-order chi connectivity index (χ1) is 11.4. The Morgan fingerprint density at radius 1 is 1.17 bits per heavy atom. The second-order valence-corrected chi connectivity index (χ2v) is 5.94. The van der Waals surface area contributed by atoms with Gasteiger partial charge in [0.05, 0.1) is 6.20 Å². The van der Waals surface area contributed by atoms with E-state index in [-0.39, 0.29) is 0 Å². The third-order valence-electron chi connectivity index (χ3n) is 4.32. The second kappa shape index (κ2) is 6.48. The van der Waals surface area contributed by atoms with Crippen LogP contribution in [0.15, 0.2) is 48.9 Å². The van der Waals surface area contributed by atoms with Crippen LogP contribution in [-0.4, -0.2) is 33.9 Å². The molecule has 0 atom stereocenters. The molecule has 5 nitrogen and oxygen atoms in total. The van der Waals surface area contributed by atoms with Gasteiger partial charge in [-0.2, -0.15) is 5.10 Å². The van der Waals surface area contributed by atoms with Crippen molar-refractivity contribution in [2.75, 3.05) is 13.2 Å². The Balaban J connectivity index is 1.50. The zero-order valence-corrected chi connectivity index (χ0v) is 13.0. The molecule has 1 aliphatic rings. The third-order valence-corrected chi connectivity index (χ3v) is 4.32. The van der Waals surface area contributed by atoms with Crippen molar-refractivity contribution < 1.29 is 4.74 Å². The SMILES string of the molecule is c1cc(CNC2CCOCC2)cc(-c2cnc3ccnn3c2)c1. The summed E-state index contributed by atoms with van der Waals surface area (Å²) in [5, 5.41) is 7.88. The van der Waals surface area contributed by atoms with Crippen LogP contribution < -0.4 is 5.32 Å². The number of rotatable bonds is 4. The number of aromatic nitrogens is 3. The van der Waals surface area contributed by atoms with Gasteiger partial charge in [0, 0.05) is 49.8 Å². The van der Waals surface area contributed by atoms with Crippen LogP contribution >= 0.6 is 0 Å². The molecule has 0 unspecified atom stereocenters. The summed E-state index contributed by atoms with van der Waals surface area (Å²) in [5.74, 6) is 0. The van der Waals surface area contributed by atoms with Crippen molar-refractivity contribution in [3.63, 3.8) is 0 Å². The summed E-state index contributed by atoms with van der Waals surface area (Å²) < 4.78 is 7.21. The summed E-state index contributed by atoms with van der Waals surface area (Å²) in [7, 11) is 0. The molecule has 0 spiro atoms. The van der Waals surface area contributed by atoms with Crippen LogP contribution in [0.3, 0.4) is 0 Å². The van der Waals surface area contributed by atoms with Crippen molar-refractivity contribution in [1.82, 2.24) is 19.9 Å². The molecule has 23 heavy (non-hydrogen) atoms. The maximum absolute atomic E-state index is 5.40. The monoisotopic (exact) mass is 308 g/mol. The quantitative estimate of drug-likeness (QED) is 0.805. The van der Waals surface area contributed by atoms with Gasteiger partial charge in [0.1, 0.15) is 0 Å². The van der Waals surface area contributed by atoms with Crippen molar-refractivity contribution in [3.8, 4) is 11.1 Å². The van der Waals surface area contributed by atoms with E-state index in [1.165, 1.54) is 11.1 Å². The fourth-order valence-electron chi connectivity index (χ4n) is 2.98. The van der Waals surface area contributed by atoms with Gasteiger partial charge >= 0.3 is 0 Å². The largest absolute Gasteiger partial charge is 0.381 e. The van der Waals surface area contributed by atoms with Crippen molar-refractivity contribution >= 4 is 5.65 Å². The van der Waals surface area contributed by atoms with Gasteiger partial charge in [0.25, 0.3) is 0 Å². The van der Waals surface area contributed by atoms with Gasteiger partial charge in [0.2, 0.25) is 0 Å². The minimum atomic E-state index is 0.564. The van der Waals surface area contributed by atoms with Gasteiger partial charge in [-0.1, -0.05) is 18.2 Å². The van der Waals surface area contributed by atoms with Crippen molar-refractivity contribution in [2.45, 2.75) is 25.4 Å². The highest BCUT2D eigenvalue weighted by Gasteiger charge is 2.12.